The maximum atomic E-state index is 12.8. The van der Waals surface area contributed by atoms with Crippen LogP contribution in [0.5, 0.6) is 5.75 Å². The van der Waals surface area contributed by atoms with E-state index in [1.165, 1.54) is 4.90 Å². The smallest absolute Gasteiger partial charge is 0.278 e. The third-order valence-electron chi connectivity index (χ3n) is 4.26. The summed E-state index contributed by atoms with van der Waals surface area (Å²) in [7, 11) is 1.60. The van der Waals surface area contributed by atoms with E-state index in [0.717, 1.165) is 37.2 Å². The van der Waals surface area contributed by atoms with Crippen molar-refractivity contribution in [1.29, 1.82) is 0 Å². The summed E-state index contributed by atoms with van der Waals surface area (Å²) in [5, 5.41) is 0. The minimum atomic E-state index is -0.248. The van der Waals surface area contributed by atoms with Crippen molar-refractivity contribution >= 4 is 17.4 Å². The molecule has 1 aromatic carbocycles. The van der Waals surface area contributed by atoms with Gasteiger partial charge in [-0.2, -0.15) is 0 Å². The second-order valence-corrected chi connectivity index (χ2v) is 5.66. The van der Waals surface area contributed by atoms with Crippen LogP contribution in [-0.4, -0.2) is 48.4 Å². The van der Waals surface area contributed by atoms with E-state index in [0.29, 0.717) is 11.3 Å². The highest BCUT2D eigenvalue weighted by molar-refractivity contribution is 6.35. The lowest BCUT2D eigenvalue weighted by Gasteiger charge is -2.19. The Kier molecular flexibility index (Phi) is 4.19. The number of rotatable bonds is 5. The van der Waals surface area contributed by atoms with Gasteiger partial charge in [0, 0.05) is 19.6 Å². The Morgan fingerprint density at radius 2 is 1.78 bits per heavy atom. The van der Waals surface area contributed by atoms with Gasteiger partial charge in [-0.3, -0.25) is 14.5 Å². The Morgan fingerprint density at radius 3 is 2.35 bits per heavy atom. The quantitative estimate of drug-likeness (QED) is 0.617. The van der Waals surface area contributed by atoms with Crippen LogP contribution in [0.4, 0.5) is 0 Å². The Balaban J connectivity index is 2.06. The molecule has 2 aliphatic heterocycles. The lowest BCUT2D eigenvalue weighted by Crippen LogP contribution is -2.34. The average Bonchev–Trinajstić information content (AvgIpc) is 3.17. The van der Waals surface area contributed by atoms with Gasteiger partial charge < -0.3 is 9.64 Å². The SMILES string of the molecule is C=CCN1C(=O)C(c2ccc(OC)cc2)=C(N2CCCC2)C1=O. The van der Waals surface area contributed by atoms with E-state index in [9.17, 15) is 9.59 Å². The van der Waals surface area contributed by atoms with E-state index in [1.54, 1.807) is 25.3 Å². The third kappa shape index (κ3) is 2.63. The molecule has 5 heteroatoms. The molecule has 1 fully saturated rings. The van der Waals surface area contributed by atoms with Gasteiger partial charge in [-0.15, -0.1) is 6.58 Å². The molecule has 120 valence electrons. The van der Waals surface area contributed by atoms with Gasteiger partial charge >= 0.3 is 0 Å². The van der Waals surface area contributed by atoms with Crippen LogP contribution in [0.15, 0.2) is 42.6 Å². The first-order valence-corrected chi connectivity index (χ1v) is 7.78. The van der Waals surface area contributed by atoms with Crippen molar-refractivity contribution in [2.24, 2.45) is 0 Å². The highest BCUT2D eigenvalue weighted by Crippen LogP contribution is 2.33. The van der Waals surface area contributed by atoms with E-state index >= 15 is 0 Å². The average molecular weight is 312 g/mol. The summed E-state index contributed by atoms with van der Waals surface area (Å²) >= 11 is 0. The van der Waals surface area contributed by atoms with Crippen LogP contribution < -0.4 is 4.74 Å². The molecule has 0 N–H and O–H groups in total. The molecule has 0 radical (unpaired) electrons. The summed E-state index contributed by atoms with van der Waals surface area (Å²) in [5.41, 5.74) is 1.76. The van der Waals surface area contributed by atoms with Gasteiger partial charge in [-0.25, -0.2) is 0 Å². The number of carbonyl (C=O) groups excluding carboxylic acids is 2. The van der Waals surface area contributed by atoms with Crippen molar-refractivity contribution in [3.8, 4) is 5.75 Å². The number of ether oxygens (including phenoxy) is 1. The molecule has 0 atom stereocenters. The Bertz CT molecular complexity index is 670. The predicted molar refractivity (Wildman–Crippen MR) is 87.6 cm³/mol. The lowest BCUT2D eigenvalue weighted by atomic mass is 10.0. The Labute approximate surface area is 135 Å². The molecule has 2 aliphatic rings. The predicted octanol–water partition coefficient (Wildman–Crippen LogP) is 2.06. The van der Waals surface area contributed by atoms with Crippen LogP contribution >= 0.6 is 0 Å². The van der Waals surface area contributed by atoms with E-state index in [2.05, 4.69) is 6.58 Å². The molecule has 0 spiro atoms. The largest absolute Gasteiger partial charge is 0.497 e. The molecule has 0 aromatic heterocycles. The zero-order valence-electron chi connectivity index (χ0n) is 13.2. The number of likely N-dealkylation sites (tertiary alicyclic amines) is 1. The van der Waals surface area contributed by atoms with Crippen molar-refractivity contribution < 1.29 is 14.3 Å². The first-order chi connectivity index (χ1) is 11.2. The molecular formula is C18H20N2O3. The van der Waals surface area contributed by atoms with Gasteiger partial charge in [-0.05, 0) is 30.5 Å². The van der Waals surface area contributed by atoms with Gasteiger partial charge in [0.25, 0.3) is 11.8 Å². The van der Waals surface area contributed by atoms with Crippen LogP contribution in [0.2, 0.25) is 0 Å². The summed E-state index contributed by atoms with van der Waals surface area (Å²) < 4.78 is 5.16. The van der Waals surface area contributed by atoms with Crippen molar-refractivity contribution in [1.82, 2.24) is 9.80 Å². The minimum absolute atomic E-state index is 0.220. The topological polar surface area (TPSA) is 49.9 Å². The zero-order valence-corrected chi connectivity index (χ0v) is 13.2. The first-order valence-electron chi connectivity index (χ1n) is 7.78. The minimum Gasteiger partial charge on any atom is -0.497 e. The Morgan fingerprint density at radius 1 is 1.13 bits per heavy atom. The highest BCUT2D eigenvalue weighted by Gasteiger charge is 2.41. The van der Waals surface area contributed by atoms with E-state index in [4.69, 9.17) is 4.74 Å². The molecule has 3 rings (SSSR count). The van der Waals surface area contributed by atoms with Gasteiger partial charge in [-0.1, -0.05) is 18.2 Å². The summed E-state index contributed by atoms with van der Waals surface area (Å²) in [5.74, 6) is 0.251. The highest BCUT2D eigenvalue weighted by atomic mass is 16.5. The fraction of sp³-hybridized carbons (Fsp3) is 0.333. The summed E-state index contributed by atoms with van der Waals surface area (Å²) in [4.78, 5) is 28.8. The molecule has 0 unspecified atom stereocenters. The molecule has 0 bridgehead atoms. The molecule has 2 heterocycles. The number of carbonyl (C=O) groups is 2. The number of imide groups is 1. The maximum Gasteiger partial charge on any atom is 0.278 e. The second-order valence-electron chi connectivity index (χ2n) is 5.66. The molecule has 2 amide bonds. The molecule has 1 aromatic rings. The first kappa shape index (κ1) is 15.3. The standard InChI is InChI=1S/C18H20N2O3/c1-3-10-20-17(21)15(13-6-8-14(23-2)9-7-13)16(18(20)22)19-11-4-5-12-19/h3,6-9H,1,4-5,10-12H2,2H3. The monoisotopic (exact) mass is 312 g/mol. The fourth-order valence-electron chi connectivity index (χ4n) is 3.11. The molecule has 23 heavy (non-hydrogen) atoms. The van der Waals surface area contributed by atoms with Crippen LogP contribution in [0.1, 0.15) is 18.4 Å². The number of hydrogen-bond acceptors (Lipinski definition) is 4. The normalized spacial score (nSPS) is 18.1. The van der Waals surface area contributed by atoms with Crippen molar-refractivity contribution in [3.63, 3.8) is 0 Å². The van der Waals surface area contributed by atoms with Gasteiger partial charge in [0.2, 0.25) is 0 Å². The van der Waals surface area contributed by atoms with E-state index < -0.39 is 0 Å². The van der Waals surface area contributed by atoms with E-state index in [-0.39, 0.29) is 18.4 Å². The number of methoxy groups -OCH3 is 1. The van der Waals surface area contributed by atoms with Gasteiger partial charge in [0.15, 0.2) is 0 Å². The van der Waals surface area contributed by atoms with E-state index in [1.807, 2.05) is 17.0 Å². The van der Waals surface area contributed by atoms with Crippen molar-refractivity contribution in [3.05, 3.63) is 48.2 Å². The number of benzene rings is 1. The maximum absolute atomic E-state index is 12.8. The number of amides is 2. The number of nitrogens with zero attached hydrogens (tertiary/aromatic N) is 2. The summed E-state index contributed by atoms with van der Waals surface area (Å²) in [6.45, 7) is 5.50. The summed E-state index contributed by atoms with van der Waals surface area (Å²) in [6.07, 6.45) is 3.67. The van der Waals surface area contributed by atoms with Gasteiger partial charge in [0.1, 0.15) is 11.4 Å². The van der Waals surface area contributed by atoms with Crippen LogP contribution in [-0.2, 0) is 9.59 Å². The molecular weight excluding hydrogens is 292 g/mol. The lowest BCUT2D eigenvalue weighted by molar-refractivity contribution is -0.136. The Hall–Kier alpha value is -2.56. The molecule has 0 aliphatic carbocycles. The number of hydrogen-bond donors (Lipinski definition) is 0. The molecule has 0 saturated carbocycles. The van der Waals surface area contributed by atoms with Crippen LogP contribution in [0, 0.1) is 0 Å². The zero-order chi connectivity index (χ0) is 16.4. The van der Waals surface area contributed by atoms with Crippen molar-refractivity contribution in [2.75, 3.05) is 26.7 Å². The summed E-state index contributed by atoms with van der Waals surface area (Å²) in [6, 6.07) is 7.26. The van der Waals surface area contributed by atoms with Crippen LogP contribution in [0.25, 0.3) is 5.57 Å². The molecule has 1 saturated heterocycles. The van der Waals surface area contributed by atoms with Crippen LogP contribution in [0.3, 0.4) is 0 Å². The third-order valence-corrected chi connectivity index (χ3v) is 4.26. The molecule has 5 nitrogen and oxygen atoms in total. The second kappa shape index (κ2) is 6.28. The fourth-order valence-corrected chi connectivity index (χ4v) is 3.11. The van der Waals surface area contributed by atoms with Crippen molar-refractivity contribution in [2.45, 2.75) is 12.8 Å². The van der Waals surface area contributed by atoms with Gasteiger partial charge in [0.05, 0.1) is 12.7 Å².